The van der Waals surface area contributed by atoms with Crippen molar-refractivity contribution in [1.29, 1.82) is 0 Å². The first-order chi connectivity index (χ1) is 6.27. The van der Waals surface area contributed by atoms with Crippen molar-refractivity contribution in [1.82, 2.24) is 14.8 Å². The third kappa shape index (κ3) is 1.60. The van der Waals surface area contributed by atoms with Crippen molar-refractivity contribution in [3.63, 3.8) is 0 Å². The number of pyridine rings is 1. The van der Waals surface area contributed by atoms with Crippen LogP contribution in [-0.4, -0.2) is 14.8 Å². The van der Waals surface area contributed by atoms with Gasteiger partial charge in [0, 0.05) is 12.4 Å². The summed E-state index contributed by atoms with van der Waals surface area (Å²) in [5.74, 6) is -0.189. The second kappa shape index (κ2) is 3.26. The number of aromatic nitrogens is 3. The molecule has 0 aliphatic heterocycles. The van der Waals surface area contributed by atoms with Gasteiger partial charge < -0.3 is 0 Å². The predicted molar refractivity (Wildman–Crippen MR) is 49.0 cm³/mol. The molecule has 0 bridgehead atoms. The van der Waals surface area contributed by atoms with E-state index in [9.17, 15) is 4.39 Å². The van der Waals surface area contributed by atoms with Crippen LogP contribution in [-0.2, 0) is 0 Å². The van der Waals surface area contributed by atoms with E-state index < -0.39 is 5.82 Å². The maximum Gasteiger partial charge on any atom is 0.189 e. The third-order valence-corrected chi connectivity index (χ3v) is 1.94. The lowest BCUT2D eigenvalue weighted by atomic mass is 10.4. The van der Waals surface area contributed by atoms with Crippen LogP contribution in [0.15, 0.2) is 35.2 Å². The van der Waals surface area contributed by atoms with Gasteiger partial charge in [-0.25, -0.2) is 14.1 Å². The van der Waals surface area contributed by atoms with E-state index in [2.05, 4.69) is 26.0 Å². The fourth-order valence-electron chi connectivity index (χ4n) is 0.966. The number of hydrogen-bond acceptors (Lipinski definition) is 2. The van der Waals surface area contributed by atoms with Gasteiger partial charge in [-0.15, -0.1) is 0 Å². The smallest absolute Gasteiger partial charge is 0.189 e. The largest absolute Gasteiger partial charge is 0.235 e. The average molecular weight is 242 g/mol. The molecule has 0 saturated heterocycles. The Morgan fingerprint density at radius 2 is 2.23 bits per heavy atom. The number of hydrogen-bond donors (Lipinski definition) is 0. The zero-order valence-corrected chi connectivity index (χ0v) is 8.07. The first-order valence-electron chi connectivity index (χ1n) is 3.59. The van der Waals surface area contributed by atoms with E-state index in [-0.39, 0.29) is 5.82 Å². The van der Waals surface area contributed by atoms with Gasteiger partial charge in [0.15, 0.2) is 11.6 Å². The zero-order chi connectivity index (χ0) is 9.26. The van der Waals surface area contributed by atoms with Crippen molar-refractivity contribution in [3.8, 4) is 5.82 Å². The summed E-state index contributed by atoms with van der Waals surface area (Å²) in [7, 11) is 0. The molecule has 66 valence electrons. The minimum absolute atomic E-state index is 0.202. The molecule has 2 rings (SSSR count). The number of nitrogens with zero attached hydrogens (tertiary/aromatic N) is 3. The molecule has 2 aromatic rings. The van der Waals surface area contributed by atoms with Crippen molar-refractivity contribution in [2.24, 2.45) is 0 Å². The van der Waals surface area contributed by atoms with Gasteiger partial charge in [0.2, 0.25) is 0 Å². The second-order valence-electron chi connectivity index (χ2n) is 2.39. The summed E-state index contributed by atoms with van der Waals surface area (Å²) in [6, 6.07) is 4.60. The van der Waals surface area contributed by atoms with Gasteiger partial charge in [-0.3, -0.25) is 0 Å². The Balaban J connectivity index is 2.52. The molecule has 0 spiro atoms. The third-order valence-electron chi connectivity index (χ3n) is 1.51. The van der Waals surface area contributed by atoms with E-state index >= 15 is 0 Å². The second-order valence-corrected chi connectivity index (χ2v) is 3.20. The van der Waals surface area contributed by atoms with Crippen molar-refractivity contribution in [3.05, 3.63) is 41.0 Å². The molecule has 0 radical (unpaired) electrons. The molecule has 5 heteroatoms. The maximum atomic E-state index is 13.1. The summed E-state index contributed by atoms with van der Waals surface area (Å²) in [6.07, 6.45) is 3.16. The van der Waals surface area contributed by atoms with Crippen LogP contribution in [0, 0.1) is 5.82 Å². The van der Waals surface area contributed by atoms with Gasteiger partial charge in [0.05, 0.1) is 0 Å². The molecule has 0 fully saturated rings. The summed E-state index contributed by atoms with van der Waals surface area (Å²) in [5, 5.41) is 3.97. The molecule has 0 aliphatic rings. The van der Waals surface area contributed by atoms with E-state index in [4.69, 9.17) is 0 Å². The van der Waals surface area contributed by atoms with Gasteiger partial charge in [0.1, 0.15) is 4.60 Å². The molecule has 0 unspecified atom stereocenters. The summed E-state index contributed by atoms with van der Waals surface area (Å²) in [6.45, 7) is 0. The van der Waals surface area contributed by atoms with E-state index in [0.29, 0.717) is 4.60 Å². The first-order valence-corrected chi connectivity index (χ1v) is 4.39. The van der Waals surface area contributed by atoms with Crippen molar-refractivity contribution >= 4 is 15.9 Å². The Bertz CT molecular complexity index is 427. The highest BCUT2D eigenvalue weighted by atomic mass is 79.9. The Kier molecular flexibility index (Phi) is 2.10. The Hall–Kier alpha value is -1.23. The van der Waals surface area contributed by atoms with Crippen LogP contribution in [0.4, 0.5) is 4.39 Å². The Morgan fingerprint density at radius 3 is 2.85 bits per heavy atom. The minimum Gasteiger partial charge on any atom is -0.235 e. The highest BCUT2D eigenvalue weighted by molar-refractivity contribution is 9.10. The van der Waals surface area contributed by atoms with Crippen molar-refractivity contribution in [2.75, 3.05) is 0 Å². The molecule has 0 saturated carbocycles. The fraction of sp³-hybridized carbons (Fsp3) is 0. The topological polar surface area (TPSA) is 30.7 Å². The molecule has 3 nitrogen and oxygen atoms in total. The number of halogens is 2. The molecule has 0 N–H and O–H groups in total. The quantitative estimate of drug-likeness (QED) is 0.767. The summed E-state index contributed by atoms with van der Waals surface area (Å²) in [4.78, 5) is 3.87. The normalized spacial score (nSPS) is 10.3. The van der Waals surface area contributed by atoms with Crippen LogP contribution in [0.2, 0.25) is 0 Å². The van der Waals surface area contributed by atoms with Gasteiger partial charge >= 0.3 is 0 Å². The number of rotatable bonds is 1. The van der Waals surface area contributed by atoms with Crippen LogP contribution >= 0.6 is 15.9 Å². The fourth-order valence-corrected chi connectivity index (χ4v) is 1.25. The zero-order valence-electron chi connectivity index (χ0n) is 6.48. The first kappa shape index (κ1) is 8.37. The van der Waals surface area contributed by atoms with Gasteiger partial charge in [-0.2, -0.15) is 5.10 Å². The highest BCUT2D eigenvalue weighted by Crippen LogP contribution is 2.11. The Labute approximate surface area is 82.3 Å². The molecule has 0 amide bonds. The average Bonchev–Trinajstić information content (AvgIpc) is 2.53. The minimum atomic E-state index is -0.391. The maximum absolute atomic E-state index is 13.1. The van der Waals surface area contributed by atoms with Gasteiger partial charge in [-0.05, 0) is 34.1 Å². The standard InChI is InChI=1S/C8H5BrFN3/c9-7-3-5-13(12-7)8-6(10)2-1-4-11-8/h1-5H. The van der Waals surface area contributed by atoms with E-state index in [1.165, 1.54) is 23.0 Å². The molecular formula is C8H5BrFN3. The molecule has 0 aliphatic carbocycles. The summed E-state index contributed by atoms with van der Waals surface area (Å²) in [5.41, 5.74) is 0. The van der Waals surface area contributed by atoms with E-state index in [1.807, 2.05) is 0 Å². The lowest BCUT2D eigenvalue weighted by Crippen LogP contribution is -2.00. The van der Waals surface area contributed by atoms with Crippen molar-refractivity contribution in [2.45, 2.75) is 0 Å². The molecule has 0 atom stereocenters. The SMILES string of the molecule is Fc1cccnc1-n1ccc(Br)n1. The lowest BCUT2D eigenvalue weighted by molar-refractivity contribution is 0.600. The Morgan fingerprint density at radius 1 is 1.38 bits per heavy atom. The lowest BCUT2D eigenvalue weighted by Gasteiger charge is -1.99. The van der Waals surface area contributed by atoms with Crippen LogP contribution in [0.5, 0.6) is 0 Å². The summed E-state index contributed by atoms with van der Waals surface area (Å²) < 4.78 is 15.2. The van der Waals surface area contributed by atoms with E-state index in [0.717, 1.165) is 0 Å². The molecular weight excluding hydrogens is 237 g/mol. The monoisotopic (exact) mass is 241 g/mol. The molecule has 13 heavy (non-hydrogen) atoms. The highest BCUT2D eigenvalue weighted by Gasteiger charge is 2.05. The van der Waals surface area contributed by atoms with Crippen molar-refractivity contribution < 1.29 is 4.39 Å². The van der Waals surface area contributed by atoms with Gasteiger partial charge in [-0.1, -0.05) is 0 Å². The summed E-state index contributed by atoms with van der Waals surface area (Å²) >= 11 is 3.17. The van der Waals surface area contributed by atoms with Crippen LogP contribution < -0.4 is 0 Å². The molecule has 2 heterocycles. The van der Waals surface area contributed by atoms with E-state index in [1.54, 1.807) is 12.3 Å². The molecule has 2 aromatic heterocycles. The van der Waals surface area contributed by atoms with Gasteiger partial charge in [0.25, 0.3) is 0 Å². The molecule has 0 aromatic carbocycles. The van der Waals surface area contributed by atoms with Crippen LogP contribution in [0.3, 0.4) is 0 Å². The predicted octanol–water partition coefficient (Wildman–Crippen LogP) is 2.17. The van der Waals surface area contributed by atoms with Crippen LogP contribution in [0.1, 0.15) is 0 Å². The van der Waals surface area contributed by atoms with Crippen LogP contribution in [0.25, 0.3) is 5.82 Å².